The van der Waals surface area contributed by atoms with Gasteiger partial charge in [-0.2, -0.15) is 0 Å². The molecule has 1 saturated heterocycles. The van der Waals surface area contributed by atoms with Gasteiger partial charge in [-0.05, 0) is 5.23 Å². The first kappa shape index (κ1) is 17.3. The van der Waals surface area contributed by atoms with Crippen LogP contribution in [0, 0.1) is 0 Å². The van der Waals surface area contributed by atoms with E-state index in [0.29, 0.717) is 0 Å². The van der Waals surface area contributed by atoms with E-state index in [1.165, 1.54) is 0 Å². The van der Waals surface area contributed by atoms with E-state index in [4.69, 9.17) is 14.3 Å². The van der Waals surface area contributed by atoms with Gasteiger partial charge in [0.25, 0.3) is 0 Å². The molecule has 0 saturated carbocycles. The van der Waals surface area contributed by atoms with Gasteiger partial charge in [0, 0.05) is 20.8 Å². The summed E-state index contributed by atoms with van der Waals surface area (Å²) in [4.78, 5) is 37.6. The number of hydrogen-bond donors (Lipinski definition) is 1. The number of hydroxylamine groups is 2. The van der Waals surface area contributed by atoms with Crippen LogP contribution in [0.15, 0.2) is 0 Å². The third-order valence-electron chi connectivity index (χ3n) is 2.47. The molecule has 0 bridgehead atoms. The van der Waals surface area contributed by atoms with Crippen LogP contribution in [-0.4, -0.2) is 59.6 Å². The van der Waals surface area contributed by atoms with Crippen molar-refractivity contribution in [3.05, 3.63) is 0 Å². The Morgan fingerprint density at radius 2 is 1.62 bits per heavy atom. The summed E-state index contributed by atoms with van der Waals surface area (Å²) in [7, 11) is 0. The van der Waals surface area contributed by atoms with Crippen LogP contribution in [0.25, 0.3) is 0 Å². The van der Waals surface area contributed by atoms with E-state index in [-0.39, 0.29) is 5.23 Å². The van der Waals surface area contributed by atoms with Crippen molar-refractivity contribution in [2.75, 3.05) is 6.61 Å². The average Bonchev–Trinajstić information content (AvgIpc) is 2.35. The Bertz CT molecular complexity index is 417. The number of carbonyl (C=O) groups excluding carboxylic acids is 3. The zero-order valence-electron chi connectivity index (χ0n) is 11.6. The Balaban J connectivity index is 2.94. The predicted molar refractivity (Wildman–Crippen MR) is 61.1 cm³/mol. The summed E-state index contributed by atoms with van der Waals surface area (Å²) in [6.45, 7) is 2.78. The summed E-state index contributed by atoms with van der Waals surface area (Å²) in [5, 5.41) is 9.13. The van der Waals surface area contributed by atoms with Gasteiger partial charge in [-0.3, -0.25) is 24.4 Å². The van der Waals surface area contributed by atoms with E-state index in [9.17, 15) is 24.0 Å². The fraction of sp³-hybridized carbons (Fsp3) is 0.727. The summed E-state index contributed by atoms with van der Waals surface area (Å²) in [6, 6.07) is 0. The molecule has 21 heavy (non-hydrogen) atoms. The molecule has 120 valence electrons. The third kappa shape index (κ3) is 4.92. The van der Waals surface area contributed by atoms with Crippen molar-refractivity contribution < 1.29 is 43.0 Å². The number of nitrogens with zero attached hydrogens (tertiary/aromatic N) is 1. The van der Waals surface area contributed by atoms with E-state index in [2.05, 4.69) is 4.74 Å². The first-order valence-corrected chi connectivity index (χ1v) is 5.99. The lowest BCUT2D eigenvalue weighted by molar-refractivity contribution is -0.448. The highest BCUT2D eigenvalue weighted by molar-refractivity contribution is 5.67. The number of esters is 3. The lowest BCUT2D eigenvalue weighted by atomic mass is 10.1. The Kier molecular flexibility index (Phi) is 6.00. The largest absolute Gasteiger partial charge is 0.463 e. The number of halogens is 1. The van der Waals surface area contributed by atoms with Crippen LogP contribution in [0.1, 0.15) is 20.8 Å². The minimum absolute atomic E-state index is 0.179. The smallest absolute Gasteiger partial charge is 0.303 e. The van der Waals surface area contributed by atoms with Gasteiger partial charge in [-0.15, -0.1) is 0 Å². The van der Waals surface area contributed by atoms with Crippen molar-refractivity contribution in [1.82, 2.24) is 5.23 Å². The zero-order valence-corrected chi connectivity index (χ0v) is 11.6. The lowest BCUT2D eigenvalue weighted by Gasteiger charge is -2.40. The van der Waals surface area contributed by atoms with Crippen LogP contribution in [0.4, 0.5) is 4.39 Å². The topological polar surface area (TPSA) is 112 Å². The maximum absolute atomic E-state index is 13.8. The Morgan fingerprint density at radius 3 is 2.10 bits per heavy atom. The second-order valence-corrected chi connectivity index (χ2v) is 4.27. The van der Waals surface area contributed by atoms with Crippen LogP contribution in [-0.2, 0) is 33.4 Å². The highest BCUT2D eigenvalue weighted by atomic mass is 19.1. The van der Waals surface area contributed by atoms with E-state index >= 15 is 0 Å². The van der Waals surface area contributed by atoms with Gasteiger partial charge >= 0.3 is 17.9 Å². The van der Waals surface area contributed by atoms with Gasteiger partial charge < -0.3 is 14.2 Å². The number of ether oxygens (including phenoxy) is 3. The van der Waals surface area contributed by atoms with Gasteiger partial charge in [-0.1, -0.05) is 0 Å². The molecule has 1 N–H and O–H groups in total. The number of hydrogen-bond acceptors (Lipinski definition) is 9. The zero-order chi connectivity index (χ0) is 16.2. The van der Waals surface area contributed by atoms with Crippen molar-refractivity contribution >= 4 is 17.9 Å². The van der Waals surface area contributed by atoms with Gasteiger partial charge in [0.15, 0.2) is 18.3 Å². The average molecular weight is 309 g/mol. The molecule has 0 amide bonds. The van der Waals surface area contributed by atoms with Crippen molar-refractivity contribution in [3.63, 3.8) is 0 Å². The van der Waals surface area contributed by atoms with Gasteiger partial charge in [0.1, 0.15) is 6.61 Å². The van der Waals surface area contributed by atoms with Crippen LogP contribution in [0.2, 0.25) is 0 Å². The molecular weight excluding hydrogens is 293 g/mol. The Morgan fingerprint density at radius 1 is 1.10 bits per heavy atom. The minimum Gasteiger partial charge on any atom is -0.463 e. The molecule has 1 rings (SSSR count). The summed E-state index contributed by atoms with van der Waals surface area (Å²) in [5.41, 5.74) is 0. The quantitative estimate of drug-likeness (QED) is 0.425. The molecule has 9 nitrogen and oxygen atoms in total. The van der Waals surface area contributed by atoms with Crippen molar-refractivity contribution in [2.24, 2.45) is 0 Å². The molecule has 1 aliphatic heterocycles. The normalized spacial score (nSPS) is 29.6. The van der Waals surface area contributed by atoms with Crippen LogP contribution < -0.4 is 0 Å². The highest BCUT2D eigenvalue weighted by Gasteiger charge is 2.50. The summed E-state index contributed by atoms with van der Waals surface area (Å²) in [6.07, 6.45) is -6.53. The molecule has 0 aromatic rings. The second kappa shape index (κ2) is 7.29. The van der Waals surface area contributed by atoms with Crippen LogP contribution in [0.3, 0.4) is 0 Å². The van der Waals surface area contributed by atoms with E-state index in [1.807, 2.05) is 0 Å². The maximum Gasteiger partial charge on any atom is 0.303 e. The fourth-order valence-corrected chi connectivity index (χ4v) is 1.72. The summed E-state index contributed by atoms with van der Waals surface area (Å²) >= 11 is 0. The summed E-state index contributed by atoms with van der Waals surface area (Å²) in [5.74, 6) is -2.29. The van der Waals surface area contributed by atoms with Crippen molar-refractivity contribution in [1.29, 1.82) is 0 Å². The van der Waals surface area contributed by atoms with Crippen molar-refractivity contribution in [3.8, 4) is 0 Å². The van der Waals surface area contributed by atoms with Gasteiger partial charge in [0.2, 0.25) is 6.30 Å². The van der Waals surface area contributed by atoms with Crippen LogP contribution >= 0.6 is 0 Å². The molecule has 0 aromatic heterocycles. The molecule has 4 atom stereocenters. The lowest BCUT2D eigenvalue weighted by Crippen LogP contribution is -2.61. The Labute approximate surface area is 119 Å². The van der Waals surface area contributed by atoms with E-state index in [1.54, 1.807) is 0 Å². The number of alkyl halides is 1. The SMILES string of the molecule is CC(=O)OCC1ON(O)C(F)C(OC(C)=O)C1OC(C)=O. The second-order valence-electron chi connectivity index (χ2n) is 4.27. The molecule has 1 fully saturated rings. The standard InChI is InChI=1S/C11H16FNO8/c1-5(14)18-4-8-9(19-6(2)15)10(20-7(3)16)11(12)13(17)21-8/h8-11,17H,4H2,1-3H3. The molecule has 0 aliphatic carbocycles. The molecule has 1 aliphatic rings. The fourth-order valence-electron chi connectivity index (χ4n) is 1.72. The Hall–Kier alpha value is -1.78. The number of rotatable bonds is 4. The number of carbonyl (C=O) groups is 3. The van der Waals surface area contributed by atoms with Crippen LogP contribution in [0.5, 0.6) is 0 Å². The van der Waals surface area contributed by atoms with E-state index < -0.39 is 49.1 Å². The molecule has 10 heteroatoms. The molecule has 4 unspecified atom stereocenters. The van der Waals surface area contributed by atoms with Crippen molar-refractivity contribution in [2.45, 2.75) is 45.4 Å². The molecular formula is C11H16FNO8. The van der Waals surface area contributed by atoms with Gasteiger partial charge in [-0.25, -0.2) is 4.39 Å². The maximum atomic E-state index is 13.8. The van der Waals surface area contributed by atoms with E-state index in [0.717, 1.165) is 20.8 Å². The third-order valence-corrected chi connectivity index (χ3v) is 2.47. The molecule has 1 heterocycles. The highest BCUT2D eigenvalue weighted by Crippen LogP contribution is 2.26. The first-order valence-electron chi connectivity index (χ1n) is 5.99. The molecule has 0 aromatic carbocycles. The minimum atomic E-state index is -2.27. The summed E-state index contributed by atoms with van der Waals surface area (Å²) < 4.78 is 28.1. The molecule has 0 radical (unpaired) electrons. The predicted octanol–water partition coefficient (Wildman–Crippen LogP) is -0.287. The monoisotopic (exact) mass is 309 g/mol. The molecule has 0 spiro atoms. The van der Waals surface area contributed by atoms with Gasteiger partial charge in [0.05, 0.1) is 0 Å². The first-order chi connectivity index (χ1) is 9.72.